The summed E-state index contributed by atoms with van der Waals surface area (Å²) in [5.41, 5.74) is -0.756. The molecule has 1 fully saturated rings. The molecule has 5 heteroatoms. The third kappa shape index (κ3) is 3.94. The molecule has 0 radical (unpaired) electrons. The van der Waals surface area contributed by atoms with Gasteiger partial charge in [-0.25, -0.2) is 4.39 Å². The molecule has 1 aliphatic heterocycles. The number of amides is 1. The van der Waals surface area contributed by atoms with Gasteiger partial charge in [0.1, 0.15) is 5.82 Å². The van der Waals surface area contributed by atoms with Crippen molar-refractivity contribution < 1.29 is 14.3 Å². The van der Waals surface area contributed by atoms with Gasteiger partial charge in [-0.1, -0.05) is 12.1 Å². The first-order valence-electron chi connectivity index (χ1n) is 6.35. The summed E-state index contributed by atoms with van der Waals surface area (Å²) >= 11 is 1.35. The second-order valence-corrected chi connectivity index (χ2v) is 6.23. The summed E-state index contributed by atoms with van der Waals surface area (Å²) in [7, 11) is 0. The van der Waals surface area contributed by atoms with Gasteiger partial charge in [-0.05, 0) is 25.5 Å². The molecule has 1 aromatic rings. The van der Waals surface area contributed by atoms with Gasteiger partial charge in [0.2, 0.25) is 5.91 Å². The molecule has 3 nitrogen and oxygen atoms in total. The van der Waals surface area contributed by atoms with Gasteiger partial charge in [0, 0.05) is 30.2 Å². The zero-order valence-electron chi connectivity index (χ0n) is 10.9. The molecule has 1 saturated heterocycles. The number of nitrogens with zero attached hydrogens (tertiary/aromatic N) is 1. The van der Waals surface area contributed by atoms with E-state index in [0.29, 0.717) is 36.6 Å². The van der Waals surface area contributed by atoms with E-state index in [2.05, 4.69) is 0 Å². The molecule has 1 N–H and O–H groups in total. The fraction of sp³-hybridized carbons (Fsp3) is 0.500. The molecule has 0 aromatic heterocycles. The van der Waals surface area contributed by atoms with E-state index in [1.165, 1.54) is 17.8 Å². The van der Waals surface area contributed by atoms with Crippen molar-refractivity contribution in [2.45, 2.75) is 30.3 Å². The van der Waals surface area contributed by atoms with Crippen LogP contribution in [0.1, 0.15) is 19.8 Å². The standard InChI is InChI=1S/C14H18FNO2S/c1-14(18)7-8-16(10-14)13(17)6-9-19-12-5-3-2-4-11(12)15/h2-5,18H,6-10H2,1H3. The molecule has 1 unspecified atom stereocenters. The van der Waals surface area contributed by atoms with Crippen molar-refractivity contribution in [2.24, 2.45) is 0 Å². The van der Waals surface area contributed by atoms with E-state index in [1.54, 1.807) is 30.0 Å². The monoisotopic (exact) mass is 283 g/mol. The average Bonchev–Trinajstić information content (AvgIpc) is 2.72. The summed E-state index contributed by atoms with van der Waals surface area (Å²) in [6.07, 6.45) is 0.994. The maximum Gasteiger partial charge on any atom is 0.223 e. The Balaban J connectivity index is 1.77. The van der Waals surface area contributed by atoms with E-state index in [1.807, 2.05) is 0 Å². The fourth-order valence-corrected chi connectivity index (χ4v) is 3.00. The Morgan fingerprint density at radius 1 is 1.53 bits per heavy atom. The highest BCUT2D eigenvalue weighted by Gasteiger charge is 2.33. The van der Waals surface area contributed by atoms with Crippen LogP contribution in [0.5, 0.6) is 0 Å². The number of hydrogen-bond acceptors (Lipinski definition) is 3. The molecule has 0 bridgehead atoms. The van der Waals surface area contributed by atoms with Crippen LogP contribution in [-0.2, 0) is 4.79 Å². The van der Waals surface area contributed by atoms with Gasteiger partial charge < -0.3 is 10.0 Å². The van der Waals surface area contributed by atoms with Crippen LogP contribution in [0.2, 0.25) is 0 Å². The highest BCUT2D eigenvalue weighted by Crippen LogP contribution is 2.24. The lowest BCUT2D eigenvalue weighted by Gasteiger charge is -2.18. The van der Waals surface area contributed by atoms with E-state index < -0.39 is 5.60 Å². The van der Waals surface area contributed by atoms with Crippen LogP contribution in [0.25, 0.3) is 0 Å². The molecule has 0 aliphatic carbocycles. The van der Waals surface area contributed by atoms with Gasteiger partial charge in [0.05, 0.1) is 5.60 Å². The van der Waals surface area contributed by atoms with Crippen LogP contribution >= 0.6 is 11.8 Å². The smallest absolute Gasteiger partial charge is 0.223 e. The fourth-order valence-electron chi connectivity index (χ4n) is 2.13. The van der Waals surface area contributed by atoms with Gasteiger partial charge in [-0.2, -0.15) is 0 Å². The predicted molar refractivity (Wildman–Crippen MR) is 73.6 cm³/mol. The van der Waals surface area contributed by atoms with Gasteiger partial charge in [-0.15, -0.1) is 11.8 Å². The molecule has 1 heterocycles. The normalized spacial score (nSPS) is 22.8. The van der Waals surface area contributed by atoms with Crippen LogP contribution in [0, 0.1) is 5.82 Å². The molecule has 1 aromatic carbocycles. The van der Waals surface area contributed by atoms with Crippen LogP contribution in [0.15, 0.2) is 29.2 Å². The third-order valence-electron chi connectivity index (χ3n) is 3.21. The number of thioether (sulfide) groups is 1. The minimum Gasteiger partial charge on any atom is -0.388 e. The first-order chi connectivity index (χ1) is 8.98. The number of aliphatic hydroxyl groups is 1. The van der Waals surface area contributed by atoms with Gasteiger partial charge in [0.15, 0.2) is 0 Å². The van der Waals surface area contributed by atoms with E-state index in [9.17, 15) is 14.3 Å². The maximum absolute atomic E-state index is 13.4. The molecular formula is C14H18FNO2S. The van der Waals surface area contributed by atoms with E-state index in [-0.39, 0.29) is 11.7 Å². The maximum atomic E-state index is 13.4. The molecule has 104 valence electrons. The van der Waals surface area contributed by atoms with E-state index in [4.69, 9.17) is 0 Å². The van der Waals surface area contributed by atoms with Gasteiger partial charge >= 0.3 is 0 Å². The minimum absolute atomic E-state index is 0.0293. The van der Waals surface area contributed by atoms with E-state index >= 15 is 0 Å². The largest absolute Gasteiger partial charge is 0.388 e. The van der Waals surface area contributed by atoms with Crippen LogP contribution in [0.4, 0.5) is 4.39 Å². The number of hydrogen-bond donors (Lipinski definition) is 1. The third-order valence-corrected chi connectivity index (χ3v) is 4.26. The summed E-state index contributed by atoms with van der Waals surface area (Å²) in [6.45, 7) is 2.75. The van der Waals surface area contributed by atoms with Crippen LogP contribution in [0.3, 0.4) is 0 Å². The molecule has 1 aliphatic rings. The lowest BCUT2D eigenvalue weighted by atomic mass is 10.1. The average molecular weight is 283 g/mol. The summed E-state index contributed by atoms with van der Waals surface area (Å²) in [4.78, 5) is 14.2. The van der Waals surface area contributed by atoms with Gasteiger partial charge in [0.25, 0.3) is 0 Å². The zero-order chi connectivity index (χ0) is 13.9. The van der Waals surface area contributed by atoms with Crippen molar-refractivity contribution in [3.8, 4) is 0 Å². The van der Waals surface area contributed by atoms with E-state index in [0.717, 1.165) is 0 Å². The summed E-state index contributed by atoms with van der Waals surface area (Å²) < 4.78 is 13.4. The minimum atomic E-state index is -0.756. The Morgan fingerprint density at radius 2 is 2.26 bits per heavy atom. The quantitative estimate of drug-likeness (QED) is 0.862. The lowest BCUT2D eigenvalue weighted by molar-refractivity contribution is -0.130. The Hall–Kier alpha value is -1.07. The Morgan fingerprint density at radius 3 is 2.89 bits per heavy atom. The summed E-state index contributed by atoms with van der Waals surface area (Å²) in [5, 5.41) is 9.80. The van der Waals surface area contributed by atoms with Crippen molar-refractivity contribution in [1.29, 1.82) is 0 Å². The number of halogens is 1. The van der Waals surface area contributed by atoms with Crippen LogP contribution in [-0.4, -0.2) is 40.4 Å². The Labute approximate surface area is 116 Å². The number of rotatable bonds is 4. The summed E-state index contributed by atoms with van der Waals surface area (Å²) in [6, 6.07) is 6.56. The molecule has 1 atom stereocenters. The number of benzene rings is 1. The first kappa shape index (κ1) is 14.3. The Kier molecular flexibility index (Phi) is 4.47. The summed E-state index contributed by atoms with van der Waals surface area (Å²) in [5.74, 6) is 0.337. The van der Waals surface area contributed by atoms with Gasteiger partial charge in [-0.3, -0.25) is 4.79 Å². The van der Waals surface area contributed by atoms with Crippen molar-refractivity contribution in [2.75, 3.05) is 18.8 Å². The molecule has 1 amide bonds. The molecule has 2 rings (SSSR count). The topological polar surface area (TPSA) is 40.5 Å². The predicted octanol–water partition coefficient (Wildman–Crippen LogP) is 2.29. The molecule has 0 saturated carbocycles. The van der Waals surface area contributed by atoms with Crippen molar-refractivity contribution in [3.63, 3.8) is 0 Å². The SMILES string of the molecule is CC1(O)CCN(C(=O)CCSc2ccccc2F)C1. The van der Waals surface area contributed by atoms with Crippen molar-refractivity contribution >= 4 is 17.7 Å². The second kappa shape index (κ2) is 5.92. The Bertz CT molecular complexity index is 465. The molecular weight excluding hydrogens is 265 g/mol. The number of carbonyl (C=O) groups excluding carboxylic acids is 1. The molecule has 0 spiro atoms. The highest BCUT2D eigenvalue weighted by atomic mass is 32.2. The number of likely N-dealkylation sites (tertiary alicyclic amines) is 1. The van der Waals surface area contributed by atoms with Crippen molar-refractivity contribution in [3.05, 3.63) is 30.1 Å². The number of β-amino-alcohol motifs (C(OH)–C–C–N with tert-alkyl or cyclic N) is 1. The lowest BCUT2D eigenvalue weighted by Crippen LogP contribution is -2.34. The van der Waals surface area contributed by atoms with Crippen molar-refractivity contribution in [1.82, 2.24) is 4.90 Å². The second-order valence-electron chi connectivity index (χ2n) is 5.09. The zero-order valence-corrected chi connectivity index (χ0v) is 11.8. The molecule has 19 heavy (non-hydrogen) atoms. The number of carbonyl (C=O) groups is 1. The van der Waals surface area contributed by atoms with Crippen LogP contribution < -0.4 is 0 Å². The highest BCUT2D eigenvalue weighted by molar-refractivity contribution is 7.99. The first-order valence-corrected chi connectivity index (χ1v) is 7.34.